The van der Waals surface area contributed by atoms with Crippen molar-refractivity contribution in [1.82, 2.24) is 4.90 Å². The first kappa shape index (κ1) is 9.22. The zero-order valence-corrected chi connectivity index (χ0v) is 8.30. The summed E-state index contributed by atoms with van der Waals surface area (Å²) < 4.78 is 5.61. The van der Waals surface area contributed by atoms with Gasteiger partial charge in [0.25, 0.3) is 0 Å². The van der Waals surface area contributed by atoms with Crippen LogP contribution in [0, 0.1) is 0 Å². The molecular formula is C11H19NO. The van der Waals surface area contributed by atoms with Crippen molar-refractivity contribution in [2.45, 2.75) is 31.2 Å². The molecule has 1 saturated heterocycles. The van der Waals surface area contributed by atoms with Crippen LogP contribution in [0.5, 0.6) is 0 Å². The zero-order valence-electron chi connectivity index (χ0n) is 8.30. The van der Waals surface area contributed by atoms with Crippen LogP contribution in [0.3, 0.4) is 0 Å². The van der Waals surface area contributed by atoms with Gasteiger partial charge in [0.05, 0.1) is 6.61 Å². The summed E-state index contributed by atoms with van der Waals surface area (Å²) in [7, 11) is 0. The lowest BCUT2D eigenvalue weighted by Gasteiger charge is -2.28. The van der Waals surface area contributed by atoms with Gasteiger partial charge in [0.2, 0.25) is 0 Å². The van der Waals surface area contributed by atoms with Gasteiger partial charge in [-0.15, -0.1) is 6.58 Å². The lowest BCUT2D eigenvalue weighted by atomic mass is 10.2. The van der Waals surface area contributed by atoms with Crippen molar-refractivity contribution in [3.8, 4) is 0 Å². The second-order valence-corrected chi connectivity index (χ2v) is 4.19. The molecule has 2 fully saturated rings. The van der Waals surface area contributed by atoms with E-state index >= 15 is 0 Å². The minimum Gasteiger partial charge on any atom is -0.379 e. The molecule has 0 bridgehead atoms. The summed E-state index contributed by atoms with van der Waals surface area (Å²) in [4.78, 5) is 2.61. The predicted octanol–water partition coefficient (Wildman–Crippen LogP) is 1.82. The first-order valence-electron chi connectivity index (χ1n) is 5.31. The van der Waals surface area contributed by atoms with E-state index in [1.807, 2.05) is 6.08 Å². The molecular weight excluding hydrogens is 162 g/mol. The maximum absolute atomic E-state index is 5.61. The topological polar surface area (TPSA) is 12.5 Å². The second-order valence-electron chi connectivity index (χ2n) is 4.19. The molecule has 0 unspecified atom stereocenters. The second kappa shape index (κ2) is 3.81. The molecule has 2 rings (SSSR count). The van der Waals surface area contributed by atoms with E-state index in [4.69, 9.17) is 4.74 Å². The van der Waals surface area contributed by atoms with Gasteiger partial charge in [-0.3, -0.25) is 4.90 Å². The number of hydrogen-bond donors (Lipinski definition) is 0. The Morgan fingerprint density at radius 3 is 3.00 bits per heavy atom. The molecule has 1 aliphatic heterocycles. The van der Waals surface area contributed by atoms with Crippen molar-refractivity contribution in [2.24, 2.45) is 0 Å². The van der Waals surface area contributed by atoms with Crippen LogP contribution in [0.4, 0.5) is 0 Å². The highest BCUT2D eigenvalue weighted by molar-refractivity contribution is 5.04. The Morgan fingerprint density at radius 1 is 1.46 bits per heavy atom. The molecule has 0 aromatic carbocycles. The molecule has 0 aromatic heterocycles. The van der Waals surface area contributed by atoms with E-state index in [1.54, 1.807) is 0 Å². The highest BCUT2D eigenvalue weighted by Crippen LogP contribution is 2.43. The average molecular weight is 181 g/mol. The van der Waals surface area contributed by atoms with Gasteiger partial charge in [0.1, 0.15) is 0 Å². The van der Waals surface area contributed by atoms with E-state index in [1.165, 1.54) is 32.4 Å². The molecule has 2 heteroatoms. The SMILES string of the molecule is C=CCCN1CCCOCC12CC2. The molecule has 1 heterocycles. The first-order valence-corrected chi connectivity index (χ1v) is 5.31. The first-order chi connectivity index (χ1) is 6.37. The lowest BCUT2D eigenvalue weighted by molar-refractivity contribution is 0.0881. The van der Waals surface area contributed by atoms with Gasteiger partial charge in [-0.25, -0.2) is 0 Å². The summed E-state index contributed by atoms with van der Waals surface area (Å²) in [6, 6.07) is 0. The van der Waals surface area contributed by atoms with E-state index in [-0.39, 0.29) is 0 Å². The predicted molar refractivity (Wildman–Crippen MR) is 53.8 cm³/mol. The van der Waals surface area contributed by atoms with Gasteiger partial charge >= 0.3 is 0 Å². The Hall–Kier alpha value is -0.340. The Kier molecular flexibility index (Phi) is 2.70. The Labute approximate surface area is 80.6 Å². The Morgan fingerprint density at radius 2 is 2.31 bits per heavy atom. The van der Waals surface area contributed by atoms with Crippen molar-refractivity contribution in [3.63, 3.8) is 0 Å². The molecule has 1 spiro atoms. The number of rotatable bonds is 3. The zero-order chi connectivity index (χ0) is 9.15. The molecule has 0 atom stereocenters. The molecule has 1 saturated carbocycles. The summed E-state index contributed by atoms with van der Waals surface area (Å²) in [6.07, 6.45) is 7.00. The smallest absolute Gasteiger partial charge is 0.0650 e. The van der Waals surface area contributed by atoms with Gasteiger partial charge in [-0.2, -0.15) is 0 Å². The van der Waals surface area contributed by atoms with Crippen LogP contribution < -0.4 is 0 Å². The lowest BCUT2D eigenvalue weighted by Crippen LogP contribution is -2.40. The summed E-state index contributed by atoms with van der Waals surface area (Å²) >= 11 is 0. The molecule has 13 heavy (non-hydrogen) atoms. The third kappa shape index (κ3) is 1.94. The quantitative estimate of drug-likeness (QED) is 0.616. The third-order valence-electron chi connectivity index (χ3n) is 3.19. The maximum atomic E-state index is 5.61. The van der Waals surface area contributed by atoms with Crippen LogP contribution in [0.2, 0.25) is 0 Å². The summed E-state index contributed by atoms with van der Waals surface area (Å²) in [5, 5.41) is 0. The Bertz CT molecular complexity index is 187. The van der Waals surface area contributed by atoms with E-state index in [2.05, 4.69) is 11.5 Å². The summed E-state index contributed by atoms with van der Waals surface area (Å²) in [5.41, 5.74) is 0.444. The number of ether oxygens (including phenoxy) is 1. The van der Waals surface area contributed by atoms with Crippen LogP contribution in [-0.4, -0.2) is 36.7 Å². The molecule has 0 N–H and O–H groups in total. The van der Waals surface area contributed by atoms with E-state index in [0.717, 1.165) is 19.6 Å². The summed E-state index contributed by atoms with van der Waals surface area (Å²) in [6.45, 7) is 8.08. The van der Waals surface area contributed by atoms with E-state index < -0.39 is 0 Å². The van der Waals surface area contributed by atoms with Gasteiger partial charge in [-0.1, -0.05) is 6.08 Å². The Balaban J connectivity index is 1.92. The van der Waals surface area contributed by atoms with Crippen molar-refractivity contribution in [1.29, 1.82) is 0 Å². The monoisotopic (exact) mass is 181 g/mol. The van der Waals surface area contributed by atoms with Crippen LogP contribution in [0.15, 0.2) is 12.7 Å². The van der Waals surface area contributed by atoms with Crippen LogP contribution in [0.25, 0.3) is 0 Å². The molecule has 2 aliphatic rings. The highest BCUT2D eigenvalue weighted by atomic mass is 16.5. The van der Waals surface area contributed by atoms with Crippen molar-refractivity contribution in [2.75, 3.05) is 26.3 Å². The minimum atomic E-state index is 0.444. The van der Waals surface area contributed by atoms with Crippen molar-refractivity contribution >= 4 is 0 Å². The fourth-order valence-corrected chi connectivity index (χ4v) is 2.15. The molecule has 74 valence electrons. The normalized spacial score (nSPS) is 27.1. The number of hydrogen-bond acceptors (Lipinski definition) is 2. The molecule has 0 radical (unpaired) electrons. The average Bonchev–Trinajstić information content (AvgIpc) is 2.93. The standard InChI is InChI=1S/C11H19NO/c1-2-3-7-12-8-4-9-13-10-11(12)5-6-11/h2H,1,3-10H2. The molecule has 0 amide bonds. The van der Waals surface area contributed by atoms with E-state index in [9.17, 15) is 0 Å². The fraction of sp³-hybridized carbons (Fsp3) is 0.818. The fourth-order valence-electron chi connectivity index (χ4n) is 2.15. The van der Waals surface area contributed by atoms with Crippen LogP contribution >= 0.6 is 0 Å². The molecule has 2 nitrogen and oxygen atoms in total. The van der Waals surface area contributed by atoms with E-state index in [0.29, 0.717) is 5.54 Å². The van der Waals surface area contributed by atoms with Gasteiger partial charge in [0.15, 0.2) is 0 Å². The van der Waals surface area contributed by atoms with Gasteiger partial charge < -0.3 is 4.74 Å². The van der Waals surface area contributed by atoms with Crippen molar-refractivity contribution in [3.05, 3.63) is 12.7 Å². The van der Waals surface area contributed by atoms with Crippen LogP contribution in [-0.2, 0) is 4.74 Å². The van der Waals surface area contributed by atoms with Gasteiger partial charge in [0, 0.05) is 25.2 Å². The highest BCUT2D eigenvalue weighted by Gasteiger charge is 2.48. The number of nitrogens with zero attached hydrogens (tertiary/aromatic N) is 1. The van der Waals surface area contributed by atoms with Crippen molar-refractivity contribution < 1.29 is 4.74 Å². The third-order valence-corrected chi connectivity index (χ3v) is 3.19. The minimum absolute atomic E-state index is 0.444. The van der Waals surface area contributed by atoms with Crippen LogP contribution in [0.1, 0.15) is 25.7 Å². The maximum Gasteiger partial charge on any atom is 0.0650 e. The van der Waals surface area contributed by atoms with Gasteiger partial charge in [-0.05, 0) is 25.7 Å². The summed E-state index contributed by atoms with van der Waals surface area (Å²) in [5.74, 6) is 0. The largest absolute Gasteiger partial charge is 0.379 e. The molecule has 0 aromatic rings. The molecule has 1 aliphatic carbocycles.